The molecule has 0 aliphatic heterocycles. The lowest BCUT2D eigenvalue weighted by atomic mass is 10.1. The summed E-state index contributed by atoms with van der Waals surface area (Å²) in [5.74, 6) is 0. The summed E-state index contributed by atoms with van der Waals surface area (Å²) >= 11 is 3.49. The van der Waals surface area contributed by atoms with E-state index in [-0.39, 0.29) is 5.38 Å². The summed E-state index contributed by atoms with van der Waals surface area (Å²) < 4.78 is 38.3. The Bertz CT molecular complexity index is 511. The van der Waals surface area contributed by atoms with Crippen LogP contribution < -0.4 is 0 Å². The van der Waals surface area contributed by atoms with Gasteiger partial charge in [0, 0.05) is 19.8 Å². The molecule has 8 heteroatoms. The predicted octanol–water partition coefficient (Wildman–Crippen LogP) is 3.14. The molecule has 0 spiro atoms. The highest BCUT2D eigenvalue weighted by Crippen LogP contribution is 2.15. The van der Waals surface area contributed by atoms with Gasteiger partial charge in [0.25, 0.3) is 0 Å². The summed E-state index contributed by atoms with van der Waals surface area (Å²) in [5.41, 5.74) is 2.74. The molecule has 0 heterocycles. The Labute approximate surface area is 146 Å². The third kappa shape index (κ3) is 10.2. The van der Waals surface area contributed by atoms with Gasteiger partial charge in [0.2, 0.25) is 8.87 Å². The van der Waals surface area contributed by atoms with Gasteiger partial charge in [-0.1, -0.05) is 24.3 Å². The first-order valence-electron chi connectivity index (χ1n) is 7.59. The number of aryl methyl sites for hydroxylation is 2. The summed E-state index contributed by atoms with van der Waals surface area (Å²) in [6.07, 6.45) is 0. The molecule has 0 radical (unpaired) electrons. The Morgan fingerprint density at radius 2 is 1.26 bits per heavy atom. The molecule has 0 amide bonds. The van der Waals surface area contributed by atoms with E-state index < -0.39 is 17.7 Å². The van der Waals surface area contributed by atoms with E-state index in [0.29, 0.717) is 19.8 Å². The van der Waals surface area contributed by atoms with E-state index >= 15 is 0 Å². The molecule has 134 valence electrons. The fourth-order valence-corrected chi connectivity index (χ4v) is 7.58. The van der Waals surface area contributed by atoms with Crippen molar-refractivity contribution in [1.82, 2.24) is 0 Å². The second kappa shape index (κ2) is 11.2. The van der Waals surface area contributed by atoms with Crippen molar-refractivity contribution in [2.24, 2.45) is 0 Å². The molecule has 1 aromatic rings. The van der Waals surface area contributed by atoms with Crippen molar-refractivity contribution in [2.45, 2.75) is 34.6 Å². The number of benzene rings is 1. The minimum Gasteiger partial charge on any atom is -0.373 e. The van der Waals surface area contributed by atoms with Gasteiger partial charge in [0.1, 0.15) is 5.38 Å². The molecular formula is C15H28O5S2Si. The van der Waals surface area contributed by atoms with Crippen molar-refractivity contribution < 1.29 is 21.7 Å². The number of rotatable bonds is 8. The molecule has 1 rings (SSSR count). The van der Waals surface area contributed by atoms with E-state index in [4.69, 9.17) is 13.3 Å². The van der Waals surface area contributed by atoms with Crippen LogP contribution in [0.5, 0.6) is 0 Å². The Morgan fingerprint density at radius 3 is 1.48 bits per heavy atom. The standard InChI is InChI=1S/C8H10.C7H18O5S2Si/c1-7-5-3-4-6-8(7)2;1-4-10-15(11-5-2,12-6-3)7-14(8,9)13/h3-6H,1-2H3;4-7H2,1-3H3,(H,8,9,13). The van der Waals surface area contributed by atoms with Crippen molar-refractivity contribution in [3.8, 4) is 0 Å². The van der Waals surface area contributed by atoms with Crippen LogP contribution in [0.25, 0.3) is 0 Å². The second-order valence-corrected chi connectivity index (χ2v) is 11.0. The van der Waals surface area contributed by atoms with Gasteiger partial charge in [0.05, 0.1) is 0 Å². The summed E-state index contributed by atoms with van der Waals surface area (Å²) in [7, 11) is -6.56. The van der Waals surface area contributed by atoms with Crippen molar-refractivity contribution >= 4 is 29.3 Å². The topological polar surface area (TPSA) is 61.8 Å². The zero-order valence-corrected chi connectivity index (χ0v) is 17.2. The van der Waals surface area contributed by atoms with E-state index in [0.717, 1.165) is 0 Å². The minimum atomic E-state index is -3.47. The maximum absolute atomic E-state index is 11.1. The van der Waals surface area contributed by atoms with Crippen LogP contribution in [-0.2, 0) is 22.1 Å². The lowest BCUT2D eigenvalue weighted by molar-refractivity contribution is 0.0769. The molecule has 0 saturated carbocycles. The first kappa shape index (κ1) is 22.6. The van der Waals surface area contributed by atoms with Gasteiger partial charge >= 0.3 is 8.80 Å². The molecular weight excluding hydrogens is 352 g/mol. The highest BCUT2D eigenvalue weighted by atomic mass is 33.1. The van der Waals surface area contributed by atoms with Crippen LogP contribution in [0.4, 0.5) is 0 Å². The zero-order valence-electron chi connectivity index (χ0n) is 14.5. The molecule has 0 bridgehead atoms. The van der Waals surface area contributed by atoms with Gasteiger partial charge in [0.15, 0.2) is 0 Å². The van der Waals surface area contributed by atoms with Crippen LogP contribution >= 0.6 is 11.7 Å². The Kier molecular flexibility index (Phi) is 11.0. The van der Waals surface area contributed by atoms with Gasteiger partial charge in [-0.05, 0) is 57.4 Å². The Morgan fingerprint density at radius 1 is 0.913 bits per heavy atom. The summed E-state index contributed by atoms with van der Waals surface area (Å²) in [6.45, 7) is 10.6. The normalized spacial score (nSPS) is 11.7. The molecule has 0 fully saturated rings. The van der Waals surface area contributed by atoms with Crippen LogP contribution in [0.1, 0.15) is 31.9 Å². The highest BCUT2D eigenvalue weighted by molar-refractivity contribution is 8.63. The lowest BCUT2D eigenvalue weighted by Crippen LogP contribution is -2.51. The van der Waals surface area contributed by atoms with Crippen molar-refractivity contribution in [2.75, 3.05) is 25.2 Å². The van der Waals surface area contributed by atoms with E-state index in [9.17, 15) is 8.42 Å². The quantitative estimate of drug-likeness (QED) is 0.426. The average Bonchev–Trinajstić information content (AvgIpc) is 2.42. The molecule has 0 aliphatic carbocycles. The minimum absolute atomic E-state index is 0.293. The van der Waals surface area contributed by atoms with Gasteiger partial charge in [-0.3, -0.25) is 0 Å². The lowest BCUT2D eigenvalue weighted by Gasteiger charge is -2.27. The monoisotopic (exact) mass is 380 g/mol. The zero-order chi connectivity index (χ0) is 17.9. The van der Waals surface area contributed by atoms with Crippen LogP contribution in [-0.4, -0.2) is 42.4 Å². The molecule has 0 unspecified atom stereocenters. The summed E-state index contributed by atoms with van der Waals surface area (Å²) in [6, 6.07) is 8.36. The third-order valence-corrected chi connectivity index (χ3v) is 9.10. The Hall–Kier alpha value is -0.383. The van der Waals surface area contributed by atoms with Crippen molar-refractivity contribution in [1.29, 1.82) is 0 Å². The third-order valence-electron chi connectivity index (χ3n) is 2.88. The van der Waals surface area contributed by atoms with Gasteiger partial charge in [-0.25, -0.2) is 8.42 Å². The number of hydrogen-bond donors (Lipinski definition) is 1. The van der Waals surface area contributed by atoms with E-state index in [1.54, 1.807) is 20.8 Å². The van der Waals surface area contributed by atoms with E-state index in [1.807, 2.05) is 0 Å². The first-order valence-corrected chi connectivity index (χ1v) is 12.2. The molecule has 1 aromatic carbocycles. The summed E-state index contributed by atoms with van der Waals surface area (Å²) in [4.78, 5) is 0. The molecule has 23 heavy (non-hydrogen) atoms. The SMILES string of the molecule is CCO[Si](CS(=O)(=O)S)(OCC)OCC.Cc1ccccc1C. The Balaban J connectivity index is 0.000000502. The molecule has 0 aliphatic rings. The number of thiol groups is 1. The summed E-state index contributed by atoms with van der Waals surface area (Å²) in [5, 5.41) is -0.293. The van der Waals surface area contributed by atoms with Crippen LogP contribution in [0.3, 0.4) is 0 Å². The highest BCUT2D eigenvalue weighted by Gasteiger charge is 2.44. The fourth-order valence-electron chi connectivity index (χ4n) is 1.80. The molecule has 0 atom stereocenters. The molecule has 0 saturated heterocycles. The van der Waals surface area contributed by atoms with Gasteiger partial charge < -0.3 is 13.3 Å². The van der Waals surface area contributed by atoms with Gasteiger partial charge in [-0.15, -0.1) is 0 Å². The van der Waals surface area contributed by atoms with E-state index in [1.165, 1.54) is 11.1 Å². The second-order valence-electron chi connectivity index (χ2n) is 4.79. The van der Waals surface area contributed by atoms with Crippen molar-refractivity contribution in [3.63, 3.8) is 0 Å². The predicted molar refractivity (Wildman–Crippen MR) is 99.3 cm³/mol. The molecule has 5 nitrogen and oxygen atoms in total. The average molecular weight is 381 g/mol. The molecule has 0 aromatic heterocycles. The van der Waals surface area contributed by atoms with Crippen LogP contribution in [0.15, 0.2) is 24.3 Å². The maximum Gasteiger partial charge on any atom is 0.517 e. The molecule has 0 N–H and O–H groups in total. The smallest absolute Gasteiger partial charge is 0.373 e. The number of hydrogen-bond acceptors (Lipinski definition) is 5. The largest absolute Gasteiger partial charge is 0.517 e. The van der Waals surface area contributed by atoms with Crippen LogP contribution in [0.2, 0.25) is 0 Å². The first-order chi connectivity index (χ1) is 10.7. The van der Waals surface area contributed by atoms with Gasteiger partial charge in [-0.2, -0.15) is 0 Å². The van der Waals surface area contributed by atoms with E-state index in [2.05, 4.69) is 49.8 Å². The van der Waals surface area contributed by atoms with Crippen molar-refractivity contribution in [3.05, 3.63) is 35.4 Å². The fraction of sp³-hybridized carbons (Fsp3) is 0.600. The van der Waals surface area contributed by atoms with Crippen LogP contribution in [0, 0.1) is 13.8 Å². The maximum atomic E-state index is 11.1.